The Bertz CT molecular complexity index is 770. The highest BCUT2D eigenvalue weighted by atomic mass is 16.3. The number of aliphatic hydroxyl groups is 1. The lowest BCUT2D eigenvalue weighted by atomic mass is 10.1. The van der Waals surface area contributed by atoms with Crippen molar-refractivity contribution in [3.63, 3.8) is 0 Å². The molecule has 0 unspecified atom stereocenters. The first kappa shape index (κ1) is 11.3. The molecule has 3 heterocycles. The summed E-state index contributed by atoms with van der Waals surface area (Å²) in [6, 6.07) is 5.59. The van der Waals surface area contributed by atoms with Crippen molar-refractivity contribution in [3.8, 4) is 17.2 Å². The maximum Gasteiger partial charge on any atom is 0.159 e. The molecule has 0 saturated heterocycles. The van der Waals surface area contributed by atoms with Crippen molar-refractivity contribution >= 4 is 5.65 Å². The lowest BCUT2D eigenvalue weighted by molar-refractivity contribution is 0.277. The van der Waals surface area contributed by atoms with Crippen molar-refractivity contribution < 1.29 is 5.11 Å². The zero-order valence-corrected chi connectivity index (χ0v) is 9.85. The fourth-order valence-electron chi connectivity index (χ4n) is 1.85. The van der Waals surface area contributed by atoms with Gasteiger partial charge in [-0.15, -0.1) is 0 Å². The summed E-state index contributed by atoms with van der Waals surface area (Å²) in [7, 11) is 0. The molecule has 0 fully saturated rings. The van der Waals surface area contributed by atoms with E-state index in [0.717, 1.165) is 11.1 Å². The van der Waals surface area contributed by atoms with Gasteiger partial charge in [0.1, 0.15) is 18.0 Å². The molecule has 0 atom stereocenters. The monoisotopic (exact) mass is 251 g/mol. The molecule has 0 saturated carbocycles. The average molecular weight is 251 g/mol. The van der Waals surface area contributed by atoms with E-state index >= 15 is 0 Å². The van der Waals surface area contributed by atoms with Crippen LogP contribution in [0.4, 0.5) is 0 Å². The Kier molecular flexibility index (Phi) is 2.67. The number of nitrogens with zero attached hydrogens (tertiary/aromatic N) is 5. The van der Waals surface area contributed by atoms with Gasteiger partial charge >= 0.3 is 0 Å². The maximum absolute atomic E-state index is 8.98. The van der Waals surface area contributed by atoms with E-state index in [9.17, 15) is 0 Å². The summed E-state index contributed by atoms with van der Waals surface area (Å²) < 4.78 is 1.70. The Balaban J connectivity index is 2.18. The predicted octanol–water partition coefficient (Wildman–Crippen LogP) is 1.16. The third-order valence-corrected chi connectivity index (χ3v) is 2.78. The number of rotatable bonds is 2. The van der Waals surface area contributed by atoms with Crippen LogP contribution in [0.1, 0.15) is 11.4 Å². The Morgan fingerprint density at radius 1 is 1.32 bits per heavy atom. The summed E-state index contributed by atoms with van der Waals surface area (Å²) in [5.41, 5.74) is 3.23. The Morgan fingerprint density at radius 3 is 2.89 bits per heavy atom. The summed E-state index contributed by atoms with van der Waals surface area (Å²) in [4.78, 5) is 12.5. The third kappa shape index (κ3) is 1.92. The normalized spacial score (nSPS) is 10.5. The van der Waals surface area contributed by atoms with Gasteiger partial charge in [0.25, 0.3) is 0 Å². The SMILES string of the molecule is N#Cc1cn2cncc(-c3ccc(CO)nc3)c2n1. The maximum atomic E-state index is 8.98. The van der Waals surface area contributed by atoms with Gasteiger partial charge in [0, 0.05) is 29.7 Å². The van der Waals surface area contributed by atoms with Crippen molar-refractivity contribution in [2.24, 2.45) is 0 Å². The lowest BCUT2D eigenvalue weighted by Gasteiger charge is -2.03. The molecule has 3 rings (SSSR count). The number of hydrogen-bond donors (Lipinski definition) is 1. The zero-order chi connectivity index (χ0) is 13.2. The minimum Gasteiger partial charge on any atom is -0.390 e. The van der Waals surface area contributed by atoms with E-state index in [-0.39, 0.29) is 6.61 Å². The Labute approximate surface area is 108 Å². The molecular formula is C13H9N5O. The van der Waals surface area contributed by atoms with Crippen molar-refractivity contribution in [3.05, 3.63) is 48.4 Å². The van der Waals surface area contributed by atoms with E-state index < -0.39 is 0 Å². The van der Waals surface area contributed by atoms with Crippen molar-refractivity contribution in [1.82, 2.24) is 19.4 Å². The summed E-state index contributed by atoms with van der Waals surface area (Å²) in [5.74, 6) is 0. The van der Waals surface area contributed by atoms with Crippen LogP contribution in [-0.2, 0) is 6.61 Å². The number of nitriles is 1. The van der Waals surface area contributed by atoms with Gasteiger partial charge in [0.05, 0.1) is 12.3 Å². The first-order valence-electron chi connectivity index (χ1n) is 5.61. The van der Waals surface area contributed by atoms with Crippen LogP contribution in [0.2, 0.25) is 0 Å². The molecule has 0 spiro atoms. The fourth-order valence-corrected chi connectivity index (χ4v) is 1.85. The topological polar surface area (TPSA) is 87.1 Å². The minimum absolute atomic E-state index is 0.0926. The van der Waals surface area contributed by atoms with Crippen molar-refractivity contribution in [2.75, 3.05) is 0 Å². The minimum atomic E-state index is -0.0926. The highest BCUT2D eigenvalue weighted by Gasteiger charge is 2.09. The van der Waals surface area contributed by atoms with Gasteiger partial charge in [0.15, 0.2) is 5.69 Å². The van der Waals surface area contributed by atoms with Crippen LogP contribution in [-0.4, -0.2) is 24.5 Å². The molecule has 1 N–H and O–H groups in total. The molecule has 0 aliphatic rings. The third-order valence-electron chi connectivity index (χ3n) is 2.78. The van der Waals surface area contributed by atoms with E-state index in [1.165, 1.54) is 0 Å². The van der Waals surface area contributed by atoms with Crippen LogP contribution in [0.5, 0.6) is 0 Å². The second-order valence-electron chi connectivity index (χ2n) is 3.97. The number of aromatic nitrogens is 4. The molecule has 0 aliphatic heterocycles. The molecule has 3 aromatic heterocycles. The fraction of sp³-hybridized carbons (Fsp3) is 0.0769. The quantitative estimate of drug-likeness (QED) is 0.738. The first-order chi connectivity index (χ1) is 9.31. The standard InChI is InChI=1S/C13H9N5O/c14-3-11-6-18-8-15-5-12(13(18)17-11)9-1-2-10(7-19)16-4-9/h1-2,4-6,8,19H,7H2. The van der Waals surface area contributed by atoms with E-state index in [1.807, 2.05) is 12.1 Å². The largest absolute Gasteiger partial charge is 0.390 e. The molecule has 6 nitrogen and oxygen atoms in total. The summed E-state index contributed by atoms with van der Waals surface area (Å²) in [5, 5.41) is 17.9. The van der Waals surface area contributed by atoms with Crippen LogP contribution in [0.25, 0.3) is 16.8 Å². The molecule has 19 heavy (non-hydrogen) atoms. The number of fused-ring (bicyclic) bond motifs is 1. The van der Waals surface area contributed by atoms with Gasteiger partial charge in [-0.3, -0.25) is 9.38 Å². The van der Waals surface area contributed by atoms with Gasteiger partial charge in [-0.1, -0.05) is 6.07 Å². The number of aliphatic hydroxyl groups excluding tert-OH is 1. The number of imidazole rings is 1. The molecule has 0 amide bonds. The Morgan fingerprint density at radius 2 is 2.21 bits per heavy atom. The first-order valence-corrected chi connectivity index (χ1v) is 5.61. The van der Waals surface area contributed by atoms with Gasteiger partial charge in [-0.25, -0.2) is 9.97 Å². The number of pyridine rings is 1. The summed E-state index contributed by atoms with van der Waals surface area (Å²) >= 11 is 0. The Hall–Kier alpha value is -2.78. The second-order valence-corrected chi connectivity index (χ2v) is 3.97. The van der Waals surface area contributed by atoms with Gasteiger partial charge in [-0.2, -0.15) is 5.26 Å². The zero-order valence-electron chi connectivity index (χ0n) is 9.85. The molecular weight excluding hydrogens is 242 g/mol. The average Bonchev–Trinajstić information content (AvgIpc) is 2.90. The smallest absolute Gasteiger partial charge is 0.159 e. The molecule has 3 aromatic rings. The molecule has 0 aliphatic carbocycles. The highest BCUT2D eigenvalue weighted by Crippen LogP contribution is 2.22. The van der Waals surface area contributed by atoms with E-state index in [0.29, 0.717) is 17.0 Å². The van der Waals surface area contributed by atoms with Crippen LogP contribution in [0.15, 0.2) is 37.1 Å². The van der Waals surface area contributed by atoms with Gasteiger partial charge in [0.2, 0.25) is 0 Å². The van der Waals surface area contributed by atoms with E-state index in [1.54, 1.807) is 35.4 Å². The summed E-state index contributed by atoms with van der Waals surface area (Å²) in [6.45, 7) is -0.0926. The second kappa shape index (κ2) is 4.48. The molecule has 0 bridgehead atoms. The van der Waals surface area contributed by atoms with Gasteiger partial charge in [-0.05, 0) is 6.07 Å². The van der Waals surface area contributed by atoms with Crippen LogP contribution >= 0.6 is 0 Å². The molecule has 92 valence electrons. The number of hydrogen-bond acceptors (Lipinski definition) is 5. The summed E-state index contributed by atoms with van der Waals surface area (Å²) in [6.07, 6.45) is 6.56. The van der Waals surface area contributed by atoms with E-state index in [4.69, 9.17) is 10.4 Å². The van der Waals surface area contributed by atoms with Crippen molar-refractivity contribution in [1.29, 1.82) is 5.26 Å². The lowest BCUT2D eigenvalue weighted by Crippen LogP contribution is -1.92. The predicted molar refractivity (Wildman–Crippen MR) is 66.9 cm³/mol. The van der Waals surface area contributed by atoms with Crippen molar-refractivity contribution in [2.45, 2.75) is 6.61 Å². The van der Waals surface area contributed by atoms with E-state index in [2.05, 4.69) is 15.0 Å². The van der Waals surface area contributed by atoms with Crippen LogP contribution in [0.3, 0.4) is 0 Å². The van der Waals surface area contributed by atoms with Gasteiger partial charge < -0.3 is 5.11 Å². The highest BCUT2D eigenvalue weighted by molar-refractivity contribution is 5.76. The molecule has 6 heteroatoms. The van der Waals surface area contributed by atoms with Crippen LogP contribution in [0, 0.1) is 11.3 Å². The molecule has 0 aromatic carbocycles. The molecule has 0 radical (unpaired) electrons. The van der Waals surface area contributed by atoms with Crippen LogP contribution < -0.4 is 0 Å².